The van der Waals surface area contributed by atoms with Crippen LogP contribution in [0.15, 0.2) is 24.3 Å². The van der Waals surface area contributed by atoms with Gasteiger partial charge in [-0.25, -0.2) is 0 Å². The monoisotopic (exact) mass is 298 g/mol. The average molecular weight is 299 g/mol. The molecule has 0 bridgehead atoms. The average Bonchev–Trinajstić information content (AvgIpc) is 2.38. The predicted octanol–water partition coefficient (Wildman–Crippen LogP) is 3.21. The molecule has 0 spiro atoms. The van der Waals surface area contributed by atoms with Crippen LogP contribution in [0.2, 0.25) is 5.02 Å². The minimum absolute atomic E-state index is 0.0165. The van der Waals surface area contributed by atoms with Gasteiger partial charge in [0.1, 0.15) is 0 Å². The van der Waals surface area contributed by atoms with Crippen LogP contribution < -0.4 is 5.73 Å². The Morgan fingerprint density at radius 1 is 1.30 bits per heavy atom. The zero-order chi connectivity index (χ0) is 15.3. The van der Waals surface area contributed by atoms with Gasteiger partial charge in [-0.1, -0.05) is 43.6 Å². The van der Waals surface area contributed by atoms with Crippen LogP contribution in [0.5, 0.6) is 0 Å². The molecular formula is C16H27ClN2O. The van der Waals surface area contributed by atoms with Crippen LogP contribution >= 0.6 is 11.6 Å². The van der Waals surface area contributed by atoms with Gasteiger partial charge in [0.05, 0.1) is 11.6 Å². The van der Waals surface area contributed by atoms with Gasteiger partial charge >= 0.3 is 0 Å². The van der Waals surface area contributed by atoms with Crippen LogP contribution in [0.1, 0.15) is 45.7 Å². The molecule has 0 aliphatic rings. The lowest BCUT2D eigenvalue weighted by atomic mass is 9.94. The predicted molar refractivity (Wildman–Crippen MR) is 86.0 cm³/mol. The molecule has 0 aromatic heterocycles. The Balaban J connectivity index is 3.14. The van der Waals surface area contributed by atoms with Gasteiger partial charge in [0.25, 0.3) is 0 Å². The maximum atomic E-state index is 10.1. The number of halogens is 1. The maximum absolute atomic E-state index is 10.1. The molecule has 0 amide bonds. The van der Waals surface area contributed by atoms with E-state index in [1.54, 1.807) is 0 Å². The fourth-order valence-electron chi connectivity index (χ4n) is 2.54. The lowest BCUT2D eigenvalue weighted by molar-refractivity contribution is 0.0174. The highest BCUT2D eigenvalue weighted by Crippen LogP contribution is 2.31. The van der Waals surface area contributed by atoms with E-state index < -0.39 is 5.60 Å². The third kappa shape index (κ3) is 4.74. The Bertz CT molecular complexity index is 417. The van der Waals surface area contributed by atoms with E-state index in [9.17, 15) is 5.11 Å². The first kappa shape index (κ1) is 17.4. The molecule has 0 radical (unpaired) electrons. The summed E-state index contributed by atoms with van der Waals surface area (Å²) < 4.78 is 0. The van der Waals surface area contributed by atoms with Crippen molar-refractivity contribution in [2.24, 2.45) is 5.73 Å². The first-order chi connectivity index (χ1) is 9.30. The van der Waals surface area contributed by atoms with Crippen LogP contribution in [-0.4, -0.2) is 34.7 Å². The summed E-state index contributed by atoms with van der Waals surface area (Å²) in [7, 11) is 0. The Kier molecular flexibility index (Phi) is 6.46. The van der Waals surface area contributed by atoms with Gasteiger partial charge in [-0.3, -0.25) is 4.90 Å². The number of rotatable bonds is 7. The molecule has 0 aliphatic heterocycles. The van der Waals surface area contributed by atoms with Crippen molar-refractivity contribution in [2.75, 3.05) is 13.1 Å². The van der Waals surface area contributed by atoms with Gasteiger partial charge in [0.15, 0.2) is 0 Å². The quantitative estimate of drug-likeness (QED) is 0.812. The molecule has 1 rings (SSSR count). The second-order valence-electron chi connectivity index (χ2n) is 5.91. The zero-order valence-electron chi connectivity index (χ0n) is 12.9. The van der Waals surface area contributed by atoms with Crippen molar-refractivity contribution in [3.8, 4) is 0 Å². The van der Waals surface area contributed by atoms with E-state index in [4.69, 9.17) is 17.3 Å². The molecule has 0 aliphatic carbocycles. The second kappa shape index (κ2) is 7.41. The molecule has 0 heterocycles. The van der Waals surface area contributed by atoms with E-state index in [1.165, 1.54) is 0 Å². The third-order valence-electron chi connectivity index (χ3n) is 3.49. The molecule has 20 heavy (non-hydrogen) atoms. The highest BCUT2D eigenvalue weighted by atomic mass is 35.5. The summed E-state index contributed by atoms with van der Waals surface area (Å²) >= 11 is 6.35. The van der Waals surface area contributed by atoms with E-state index in [2.05, 4.69) is 18.7 Å². The summed E-state index contributed by atoms with van der Waals surface area (Å²) in [5.74, 6) is 0. The molecule has 0 fully saturated rings. The topological polar surface area (TPSA) is 49.5 Å². The fraction of sp³-hybridized carbons (Fsp3) is 0.625. The second-order valence-corrected chi connectivity index (χ2v) is 6.32. The van der Waals surface area contributed by atoms with Gasteiger partial charge in [0, 0.05) is 17.6 Å². The molecule has 3 N–H and O–H groups in total. The standard InChI is InChI=1S/C16H27ClN2O/c1-5-14(18)15(12-9-7-8-10-13(12)17)19(6-2)11-16(3,4)20/h7-10,14-15,20H,5-6,11,18H2,1-4H3. The van der Waals surface area contributed by atoms with Crippen LogP contribution in [0.3, 0.4) is 0 Å². The van der Waals surface area contributed by atoms with Crippen LogP contribution in [-0.2, 0) is 0 Å². The first-order valence-corrected chi connectivity index (χ1v) is 7.64. The van der Waals surface area contributed by atoms with Crippen molar-refractivity contribution in [1.29, 1.82) is 0 Å². The zero-order valence-corrected chi connectivity index (χ0v) is 13.7. The normalized spacial score (nSPS) is 15.4. The molecule has 1 aromatic rings. The Morgan fingerprint density at radius 2 is 1.90 bits per heavy atom. The molecule has 2 unspecified atom stereocenters. The number of likely N-dealkylation sites (N-methyl/N-ethyl adjacent to an activating group) is 1. The number of hydrogen-bond acceptors (Lipinski definition) is 3. The third-order valence-corrected chi connectivity index (χ3v) is 3.83. The minimum atomic E-state index is -0.761. The van der Waals surface area contributed by atoms with Crippen LogP contribution in [0.25, 0.3) is 0 Å². The lowest BCUT2D eigenvalue weighted by Crippen LogP contribution is -2.46. The van der Waals surface area contributed by atoms with E-state index in [-0.39, 0.29) is 12.1 Å². The number of nitrogens with zero attached hydrogens (tertiary/aromatic N) is 1. The summed E-state index contributed by atoms with van der Waals surface area (Å²) in [5.41, 5.74) is 6.61. The van der Waals surface area contributed by atoms with E-state index in [0.717, 1.165) is 23.6 Å². The van der Waals surface area contributed by atoms with Crippen LogP contribution in [0, 0.1) is 0 Å². The smallest absolute Gasteiger partial charge is 0.0718 e. The molecule has 4 heteroatoms. The van der Waals surface area contributed by atoms with Gasteiger partial charge in [0.2, 0.25) is 0 Å². The van der Waals surface area contributed by atoms with Crippen molar-refractivity contribution in [3.63, 3.8) is 0 Å². The van der Waals surface area contributed by atoms with Gasteiger partial charge in [-0.05, 0) is 38.4 Å². The number of benzene rings is 1. The van der Waals surface area contributed by atoms with Gasteiger partial charge in [-0.15, -0.1) is 0 Å². The van der Waals surface area contributed by atoms with Crippen molar-refractivity contribution in [3.05, 3.63) is 34.9 Å². The Labute approximate surface area is 127 Å². The largest absolute Gasteiger partial charge is 0.389 e. The van der Waals surface area contributed by atoms with Gasteiger partial charge in [-0.2, -0.15) is 0 Å². The van der Waals surface area contributed by atoms with Crippen LogP contribution in [0.4, 0.5) is 0 Å². The maximum Gasteiger partial charge on any atom is 0.0718 e. The Morgan fingerprint density at radius 3 is 2.35 bits per heavy atom. The molecule has 3 nitrogen and oxygen atoms in total. The summed E-state index contributed by atoms with van der Waals surface area (Å²) in [4.78, 5) is 2.20. The van der Waals surface area contributed by atoms with E-state index in [0.29, 0.717) is 6.54 Å². The summed E-state index contributed by atoms with van der Waals surface area (Å²) in [5, 5.41) is 10.9. The molecule has 2 atom stereocenters. The molecular weight excluding hydrogens is 272 g/mol. The number of nitrogens with two attached hydrogens (primary N) is 1. The highest BCUT2D eigenvalue weighted by molar-refractivity contribution is 6.31. The minimum Gasteiger partial charge on any atom is -0.389 e. The molecule has 114 valence electrons. The highest BCUT2D eigenvalue weighted by Gasteiger charge is 2.29. The lowest BCUT2D eigenvalue weighted by Gasteiger charge is -2.38. The van der Waals surface area contributed by atoms with Gasteiger partial charge < -0.3 is 10.8 Å². The van der Waals surface area contributed by atoms with Crippen molar-refractivity contribution in [2.45, 2.75) is 51.8 Å². The Hall–Kier alpha value is -0.610. The molecule has 1 aromatic carbocycles. The number of hydrogen-bond donors (Lipinski definition) is 2. The SMILES string of the molecule is CCC(N)C(c1ccccc1Cl)N(CC)CC(C)(C)O. The summed E-state index contributed by atoms with van der Waals surface area (Å²) in [6.07, 6.45) is 0.859. The van der Waals surface area contributed by atoms with Crippen molar-refractivity contribution >= 4 is 11.6 Å². The fourth-order valence-corrected chi connectivity index (χ4v) is 2.79. The summed E-state index contributed by atoms with van der Waals surface area (Å²) in [6.45, 7) is 9.17. The van der Waals surface area contributed by atoms with E-state index in [1.807, 2.05) is 38.1 Å². The number of aliphatic hydroxyl groups is 1. The van der Waals surface area contributed by atoms with Crippen molar-refractivity contribution in [1.82, 2.24) is 4.90 Å². The van der Waals surface area contributed by atoms with E-state index >= 15 is 0 Å². The summed E-state index contributed by atoms with van der Waals surface area (Å²) in [6, 6.07) is 7.82. The first-order valence-electron chi connectivity index (χ1n) is 7.26. The molecule has 0 saturated carbocycles. The molecule has 0 saturated heterocycles. The van der Waals surface area contributed by atoms with Crippen molar-refractivity contribution < 1.29 is 5.11 Å².